The van der Waals surface area contributed by atoms with E-state index in [0.717, 1.165) is 23.2 Å². The van der Waals surface area contributed by atoms with Gasteiger partial charge in [0.25, 0.3) is 0 Å². The number of nitrogen functional groups attached to an aromatic ring is 1. The predicted molar refractivity (Wildman–Crippen MR) is 66.6 cm³/mol. The van der Waals surface area contributed by atoms with E-state index in [4.69, 9.17) is 11.0 Å². The number of nitriles is 1. The standard InChI is InChI=1S/C13H12F2N4/c1-2-3-11-9(7-16)13(17)19(18-11)12-5-4-8(14)6-10(12)15/h4-6H,2-3,17H2,1H3. The molecule has 0 radical (unpaired) electrons. The van der Waals surface area contributed by atoms with Crippen molar-refractivity contribution in [2.24, 2.45) is 0 Å². The first-order valence-corrected chi connectivity index (χ1v) is 5.81. The fourth-order valence-electron chi connectivity index (χ4n) is 1.85. The number of nitrogens with two attached hydrogens (primary N) is 1. The van der Waals surface area contributed by atoms with Crippen molar-refractivity contribution in [3.63, 3.8) is 0 Å². The van der Waals surface area contributed by atoms with Gasteiger partial charge in [-0.2, -0.15) is 10.4 Å². The zero-order chi connectivity index (χ0) is 14.0. The van der Waals surface area contributed by atoms with E-state index in [-0.39, 0.29) is 17.1 Å². The highest BCUT2D eigenvalue weighted by Crippen LogP contribution is 2.23. The molecule has 6 heteroatoms. The van der Waals surface area contributed by atoms with E-state index < -0.39 is 11.6 Å². The third kappa shape index (κ3) is 2.27. The smallest absolute Gasteiger partial charge is 0.151 e. The Hall–Kier alpha value is -2.42. The van der Waals surface area contributed by atoms with Crippen molar-refractivity contribution in [2.45, 2.75) is 19.8 Å². The Morgan fingerprint density at radius 2 is 2.16 bits per heavy atom. The first-order chi connectivity index (χ1) is 9.08. The van der Waals surface area contributed by atoms with Crippen molar-refractivity contribution in [1.29, 1.82) is 5.26 Å². The summed E-state index contributed by atoms with van der Waals surface area (Å²) in [6, 6.07) is 5.07. The molecule has 0 amide bonds. The lowest BCUT2D eigenvalue weighted by Gasteiger charge is -2.05. The van der Waals surface area contributed by atoms with Crippen molar-refractivity contribution in [3.8, 4) is 11.8 Å². The highest BCUT2D eigenvalue weighted by atomic mass is 19.1. The average Bonchev–Trinajstić information content (AvgIpc) is 2.66. The second-order valence-corrected chi connectivity index (χ2v) is 4.08. The van der Waals surface area contributed by atoms with E-state index in [9.17, 15) is 8.78 Å². The summed E-state index contributed by atoms with van der Waals surface area (Å²) in [4.78, 5) is 0. The van der Waals surface area contributed by atoms with Crippen LogP contribution in [-0.4, -0.2) is 9.78 Å². The van der Waals surface area contributed by atoms with Crippen LogP contribution in [0.5, 0.6) is 0 Å². The van der Waals surface area contributed by atoms with E-state index in [1.54, 1.807) is 0 Å². The monoisotopic (exact) mass is 262 g/mol. The Labute approximate surface area is 109 Å². The predicted octanol–water partition coefficient (Wildman–Crippen LogP) is 2.56. The molecule has 0 aliphatic carbocycles. The molecule has 1 aromatic heterocycles. The van der Waals surface area contributed by atoms with Crippen LogP contribution in [0, 0.1) is 23.0 Å². The minimum Gasteiger partial charge on any atom is -0.382 e. The normalized spacial score (nSPS) is 10.4. The molecule has 0 fully saturated rings. The van der Waals surface area contributed by atoms with Gasteiger partial charge < -0.3 is 5.73 Å². The van der Waals surface area contributed by atoms with E-state index in [1.165, 1.54) is 6.07 Å². The SMILES string of the molecule is CCCc1nn(-c2ccc(F)cc2F)c(N)c1C#N. The molecule has 2 rings (SSSR count). The molecule has 0 unspecified atom stereocenters. The maximum absolute atomic E-state index is 13.7. The van der Waals surface area contributed by atoms with Gasteiger partial charge in [0, 0.05) is 6.07 Å². The molecule has 0 spiro atoms. The van der Waals surface area contributed by atoms with Crippen LogP contribution in [0.4, 0.5) is 14.6 Å². The van der Waals surface area contributed by atoms with E-state index in [2.05, 4.69) is 5.10 Å². The van der Waals surface area contributed by atoms with Crippen LogP contribution in [0.1, 0.15) is 24.6 Å². The second-order valence-electron chi connectivity index (χ2n) is 4.08. The summed E-state index contributed by atoms with van der Waals surface area (Å²) >= 11 is 0. The maximum atomic E-state index is 13.7. The van der Waals surface area contributed by atoms with Gasteiger partial charge in [-0.05, 0) is 18.6 Å². The van der Waals surface area contributed by atoms with Gasteiger partial charge in [0.2, 0.25) is 0 Å². The summed E-state index contributed by atoms with van der Waals surface area (Å²) in [5.74, 6) is -1.39. The Balaban J connectivity index is 2.60. The third-order valence-corrected chi connectivity index (χ3v) is 2.73. The number of halogens is 2. The minimum atomic E-state index is -0.776. The Kier molecular flexibility index (Phi) is 3.47. The fourth-order valence-corrected chi connectivity index (χ4v) is 1.85. The Morgan fingerprint density at radius 1 is 1.42 bits per heavy atom. The van der Waals surface area contributed by atoms with Gasteiger partial charge in [-0.1, -0.05) is 13.3 Å². The van der Waals surface area contributed by atoms with E-state index >= 15 is 0 Å². The van der Waals surface area contributed by atoms with Crippen molar-refractivity contribution in [2.75, 3.05) is 5.73 Å². The van der Waals surface area contributed by atoms with E-state index in [1.807, 2.05) is 13.0 Å². The van der Waals surface area contributed by atoms with Gasteiger partial charge in [0.15, 0.2) is 5.82 Å². The number of anilines is 1. The summed E-state index contributed by atoms with van der Waals surface area (Å²) < 4.78 is 27.7. The molecule has 2 N–H and O–H groups in total. The zero-order valence-electron chi connectivity index (χ0n) is 10.3. The topological polar surface area (TPSA) is 67.6 Å². The van der Waals surface area contributed by atoms with Crippen LogP contribution < -0.4 is 5.73 Å². The first-order valence-electron chi connectivity index (χ1n) is 5.81. The number of benzene rings is 1. The van der Waals surface area contributed by atoms with Crippen molar-refractivity contribution in [3.05, 3.63) is 41.1 Å². The molecule has 98 valence electrons. The number of aromatic nitrogens is 2. The summed E-state index contributed by atoms with van der Waals surface area (Å²) in [5.41, 5.74) is 6.59. The zero-order valence-corrected chi connectivity index (χ0v) is 10.3. The van der Waals surface area contributed by atoms with Crippen LogP contribution in [0.25, 0.3) is 5.69 Å². The molecular weight excluding hydrogens is 250 g/mol. The number of hydrogen-bond donors (Lipinski definition) is 1. The molecule has 1 heterocycles. The summed E-state index contributed by atoms with van der Waals surface area (Å²) in [6.45, 7) is 1.94. The molecule has 0 aliphatic heterocycles. The van der Waals surface area contributed by atoms with Gasteiger partial charge in [-0.15, -0.1) is 0 Å². The molecule has 0 bridgehead atoms. The maximum Gasteiger partial charge on any atom is 0.151 e. The van der Waals surface area contributed by atoms with E-state index in [0.29, 0.717) is 12.1 Å². The summed E-state index contributed by atoms with van der Waals surface area (Å²) in [7, 11) is 0. The molecule has 0 atom stereocenters. The third-order valence-electron chi connectivity index (χ3n) is 2.73. The van der Waals surface area contributed by atoms with Crippen LogP contribution in [0.2, 0.25) is 0 Å². The highest BCUT2D eigenvalue weighted by molar-refractivity contribution is 5.56. The minimum absolute atomic E-state index is 0.0257. The quantitative estimate of drug-likeness (QED) is 0.924. The van der Waals surface area contributed by atoms with Gasteiger partial charge in [0.05, 0.1) is 5.69 Å². The van der Waals surface area contributed by atoms with Crippen LogP contribution in [0.3, 0.4) is 0 Å². The molecular formula is C13H12F2N4. The molecule has 0 saturated carbocycles. The Morgan fingerprint density at radius 3 is 2.74 bits per heavy atom. The van der Waals surface area contributed by atoms with Crippen molar-refractivity contribution < 1.29 is 8.78 Å². The van der Waals surface area contributed by atoms with Gasteiger partial charge in [-0.3, -0.25) is 0 Å². The van der Waals surface area contributed by atoms with Gasteiger partial charge >= 0.3 is 0 Å². The number of aryl methyl sites for hydroxylation is 1. The van der Waals surface area contributed by atoms with Crippen molar-refractivity contribution >= 4 is 5.82 Å². The number of nitrogens with zero attached hydrogens (tertiary/aromatic N) is 3. The molecule has 19 heavy (non-hydrogen) atoms. The van der Waals surface area contributed by atoms with Crippen LogP contribution in [-0.2, 0) is 6.42 Å². The van der Waals surface area contributed by atoms with Gasteiger partial charge in [-0.25, -0.2) is 13.5 Å². The largest absolute Gasteiger partial charge is 0.382 e. The molecule has 4 nitrogen and oxygen atoms in total. The fraction of sp³-hybridized carbons (Fsp3) is 0.231. The second kappa shape index (κ2) is 5.06. The lowest BCUT2D eigenvalue weighted by Crippen LogP contribution is -2.05. The number of hydrogen-bond acceptors (Lipinski definition) is 3. The molecule has 0 saturated heterocycles. The average molecular weight is 262 g/mol. The lowest BCUT2D eigenvalue weighted by atomic mass is 10.2. The first kappa shape index (κ1) is 13.0. The summed E-state index contributed by atoms with van der Waals surface area (Å²) in [5, 5.41) is 13.2. The Bertz CT molecular complexity index is 655. The van der Waals surface area contributed by atoms with Crippen molar-refractivity contribution in [1.82, 2.24) is 9.78 Å². The number of rotatable bonds is 3. The van der Waals surface area contributed by atoms with Crippen LogP contribution >= 0.6 is 0 Å². The highest BCUT2D eigenvalue weighted by Gasteiger charge is 2.18. The van der Waals surface area contributed by atoms with Gasteiger partial charge in [0.1, 0.15) is 29.0 Å². The molecule has 2 aromatic rings. The van der Waals surface area contributed by atoms with Crippen LogP contribution in [0.15, 0.2) is 18.2 Å². The molecule has 1 aromatic carbocycles. The lowest BCUT2D eigenvalue weighted by molar-refractivity contribution is 0.573. The molecule has 0 aliphatic rings. The summed E-state index contributed by atoms with van der Waals surface area (Å²) in [6.07, 6.45) is 1.36.